The largest absolute Gasteiger partial charge is 0.495 e. The molecule has 0 aliphatic rings. The Kier molecular flexibility index (Phi) is 6.21. The van der Waals surface area contributed by atoms with Crippen LogP contribution in [0, 0.1) is 0 Å². The van der Waals surface area contributed by atoms with E-state index in [9.17, 15) is 9.59 Å². The molecule has 5 nitrogen and oxygen atoms in total. The van der Waals surface area contributed by atoms with Gasteiger partial charge in [0.15, 0.2) is 6.61 Å². The lowest BCUT2D eigenvalue weighted by Gasteiger charge is -2.09. The van der Waals surface area contributed by atoms with Crippen LogP contribution in [0.5, 0.6) is 5.75 Å². The molecule has 1 N–H and O–H groups in total. The lowest BCUT2D eigenvalue weighted by molar-refractivity contribution is -0.119. The van der Waals surface area contributed by atoms with Gasteiger partial charge in [-0.05, 0) is 42.3 Å². The molecule has 0 unspecified atom stereocenters. The van der Waals surface area contributed by atoms with Crippen molar-refractivity contribution in [3.8, 4) is 5.75 Å². The van der Waals surface area contributed by atoms with E-state index >= 15 is 0 Å². The molecule has 24 heavy (non-hydrogen) atoms. The number of hydrogen-bond donors (Lipinski definition) is 1. The van der Waals surface area contributed by atoms with Crippen molar-refractivity contribution in [3.05, 3.63) is 58.6 Å². The second-order valence-electron chi connectivity index (χ2n) is 5.02. The normalized spacial score (nSPS) is 10.1. The van der Waals surface area contributed by atoms with Gasteiger partial charge in [0.2, 0.25) is 0 Å². The molecule has 0 saturated carbocycles. The maximum Gasteiger partial charge on any atom is 0.338 e. The summed E-state index contributed by atoms with van der Waals surface area (Å²) < 4.78 is 10.0. The van der Waals surface area contributed by atoms with Crippen molar-refractivity contribution in [1.82, 2.24) is 0 Å². The Labute approximate surface area is 145 Å². The summed E-state index contributed by atoms with van der Waals surface area (Å²) in [5, 5.41) is 2.98. The fourth-order valence-corrected chi connectivity index (χ4v) is 2.29. The molecule has 0 spiro atoms. The Balaban J connectivity index is 1.88. The highest BCUT2D eigenvalue weighted by atomic mass is 35.5. The van der Waals surface area contributed by atoms with E-state index in [2.05, 4.69) is 5.32 Å². The zero-order valence-corrected chi connectivity index (χ0v) is 14.2. The number of esters is 1. The Bertz CT molecular complexity index is 728. The maximum absolute atomic E-state index is 11.9. The summed E-state index contributed by atoms with van der Waals surface area (Å²) >= 11 is 5.98. The van der Waals surface area contributed by atoms with Crippen molar-refractivity contribution in [1.29, 1.82) is 0 Å². The summed E-state index contributed by atoms with van der Waals surface area (Å²) in [6.45, 7) is 1.65. The summed E-state index contributed by atoms with van der Waals surface area (Å²) in [6.07, 6.45) is 0.891. The van der Waals surface area contributed by atoms with Crippen LogP contribution in [-0.4, -0.2) is 25.6 Å². The number of carbonyl (C=O) groups is 2. The molecule has 0 aliphatic heterocycles. The first-order valence-electron chi connectivity index (χ1n) is 7.43. The molecule has 0 atom stereocenters. The van der Waals surface area contributed by atoms with Gasteiger partial charge >= 0.3 is 5.97 Å². The number of methoxy groups -OCH3 is 1. The standard InChI is InChI=1S/C18H18ClNO4/c1-3-12-4-6-13(7-5-12)18(22)24-11-17(21)20-14-8-9-16(23-2)15(19)10-14/h4-10H,3,11H2,1-2H3,(H,20,21). The van der Waals surface area contributed by atoms with Crippen LogP contribution in [0.4, 0.5) is 5.69 Å². The summed E-state index contributed by atoms with van der Waals surface area (Å²) in [6, 6.07) is 11.9. The van der Waals surface area contributed by atoms with Crippen molar-refractivity contribution in [2.75, 3.05) is 19.0 Å². The minimum absolute atomic E-state index is 0.377. The lowest BCUT2D eigenvalue weighted by Crippen LogP contribution is -2.20. The van der Waals surface area contributed by atoms with Crippen molar-refractivity contribution < 1.29 is 19.1 Å². The van der Waals surface area contributed by atoms with Gasteiger partial charge in [-0.1, -0.05) is 30.7 Å². The molecule has 0 aliphatic carbocycles. The van der Waals surface area contributed by atoms with Gasteiger partial charge in [0.05, 0.1) is 17.7 Å². The van der Waals surface area contributed by atoms with E-state index in [0.717, 1.165) is 12.0 Å². The number of carbonyl (C=O) groups excluding carboxylic acids is 2. The van der Waals surface area contributed by atoms with E-state index in [1.54, 1.807) is 30.3 Å². The SMILES string of the molecule is CCc1ccc(C(=O)OCC(=O)Nc2ccc(OC)c(Cl)c2)cc1. The molecular weight excluding hydrogens is 330 g/mol. The minimum Gasteiger partial charge on any atom is -0.495 e. The molecule has 2 aromatic rings. The molecule has 0 saturated heterocycles. The van der Waals surface area contributed by atoms with Gasteiger partial charge in [-0.25, -0.2) is 4.79 Å². The number of anilines is 1. The van der Waals surface area contributed by atoms with E-state index in [4.69, 9.17) is 21.1 Å². The number of benzene rings is 2. The molecule has 0 radical (unpaired) electrons. The summed E-state index contributed by atoms with van der Waals surface area (Å²) in [7, 11) is 1.51. The number of halogens is 1. The third-order valence-electron chi connectivity index (χ3n) is 3.37. The van der Waals surface area contributed by atoms with Crippen LogP contribution in [0.2, 0.25) is 5.02 Å². The van der Waals surface area contributed by atoms with Gasteiger partial charge < -0.3 is 14.8 Å². The Morgan fingerprint density at radius 2 is 1.83 bits per heavy atom. The number of hydrogen-bond acceptors (Lipinski definition) is 4. The van der Waals surface area contributed by atoms with Gasteiger partial charge in [-0.15, -0.1) is 0 Å². The molecule has 2 rings (SSSR count). The van der Waals surface area contributed by atoms with Crippen LogP contribution in [0.25, 0.3) is 0 Å². The van der Waals surface area contributed by atoms with Crippen LogP contribution >= 0.6 is 11.6 Å². The zero-order valence-electron chi connectivity index (χ0n) is 13.5. The Hall–Kier alpha value is -2.53. The lowest BCUT2D eigenvalue weighted by atomic mass is 10.1. The highest BCUT2D eigenvalue weighted by Crippen LogP contribution is 2.27. The van der Waals surface area contributed by atoms with Crippen molar-refractivity contribution >= 4 is 29.2 Å². The second kappa shape index (κ2) is 8.36. The average molecular weight is 348 g/mol. The van der Waals surface area contributed by atoms with E-state index in [0.29, 0.717) is 22.0 Å². The maximum atomic E-state index is 11.9. The first-order valence-corrected chi connectivity index (χ1v) is 7.80. The highest BCUT2D eigenvalue weighted by Gasteiger charge is 2.11. The monoisotopic (exact) mass is 347 g/mol. The molecule has 126 valence electrons. The molecule has 2 aromatic carbocycles. The first-order chi connectivity index (χ1) is 11.5. The molecule has 0 bridgehead atoms. The number of ether oxygens (including phenoxy) is 2. The fourth-order valence-electron chi connectivity index (χ4n) is 2.03. The van der Waals surface area contributed by atoms with Crippen LogP contribution < -0.4 is 10.1 Å². The number of rotatable bonds is 6. The van der Waals surface area contributed by atoms with Gasteiger partial charge in [0.1, 0.15) is 5.75 Å². The fraction of sp³-hybridized carbons (Fsp3) is 0.222. The molecular formula is C18H18ClNO4. The second-order valence-corrected chi connectivity index (χ2v) is 5.43. The molecule has 0 aromatic heterocycles. The van der Waals surface area contributed by atoms with Gasteiger partial charge in [-0.3, -0.25) is 4.79 Å². The Morgan fingerprint density at radius 3 is 2.42 bits per heavy atom. The van der Waals surface area contributed by atoms with Gasteiger partial charge in [0, 0.05) is 5.69 Å². The van der Waals surface area contributed by atoms with Crippen molar-refractivity contribution in [3.63, 3.8) is 0 Å². The number of nitrogens with one attached hydrogen (secondary N) is 1. The summed E-state index contributed by atoms with van der Waals surface area (Å²) in [5.74, 6) is -0.480. The summed E-state index contributed by atoms with van der Waals surface area (Å²) in [4.78, 5) is 23.8. The molecule has 0 heterocycles. The van der Waals surface area contributed by atoms with Gasteiger partial charge in [0.25, 0.3) is 5.91 Å². The van der Waals surface area contributed by atoms with E-state index < -0.39 is 11.9 Å². The van der Waals surface area contributed by atoms with Crippen molar-refractivity contribution in [2.24, 2.45) is 0 Å². The average Bonchev–Trinajstić information content (AvgIpc) is 2.60. The Morgan fingerprint density at radius 1 is 1.12 bits per heavy atom. The molecule has 1 amide bonds. The zero-order chi connectivity index (χ0) is 17.5. The third kappa shape index (κ3) is 4.73. The van der Waals surface area contributed by atoms with Crippen molar-refractivity contribution in [2.45, 2.75) is 13.3 Å². The predicted molar refractivity (Wildman–Crippen MR) is 92.7 cm³/mol. The smallest absolute Gasteiger partial charge is 0.338 e. The quantitative estimate of drug-likeness (QED) is 0.809. The third-order valence-corrected chi connectivity index (χ3v) is 3.66. The van der Waals surface area contributed by atoms with Gasteiger partial charge in [-0.2, -0.15) is 0 Å². The van der Waals surface area contributed by atoms with Crippen LogP contribution in [0.3, 0.4) is 0 Å². The molecule has 0 fully saturated rings. The number of aryl methyl sites for hydroxylation is 1. The minimum atomic E-state index is -0.541. The van der Waals surface area contributed by atoms with Crippen LogP contribution in [-0.2, 0) is 16.0 Å². The van der Waals surface area contributed by atoms with E-state index in [1.165, 1.54) is 7.11 Å². The predicted octanol–water partition coefficient (Wildman–Crippen LogP) is 3.71. The first kappa shape index (κ1) is 17.8. The highest BCUT2D eigenvalue weighted by molar-refractivity contribution is 6.32. The summed E-state index contributed by atoms with van der Waals surface area (Å²) in [5.41, 5.74) is 2.03. The molecule has 6 heteroatoms. The number of amides is 1. The van der Waals surface area contributed by atoms with E-state index in [1.807, 2.05) is 19.1 Å². The van der Waals surface area contributed by atoms with Crippen LogP contribution in [0.1, 0.15) is 22.8 Å². The van der Waals surface area contributed by atoms with E-state index in [-0.39, 0.29) is 6.61 Å². The topological polar surface area (TPSA) is 64.6 Å². The van der Waals surface area contributed by atoms with Crippen LogP contribution in [0.15, 0.2) is 42.5 Å².